The van der Waals surface area contributed by atoms with E-state index < -0.39 is 42.5 Å². The van der Waals surface area contributed by atoms with Gasteiger partial charge in [-0.05, 0) is 24.6 Å². The number of aliphatic hydroxyl groups excluding tert-OH is 1. The quantitative estimate of drug-likeness (QED) is 0.330. The summed E-state index contributed by atoms with van der Waals surface area (Å²) in [5.74, 6) is -2.72. The number of phenolic OH excluding ortho intramolecular Hbond substituents is 1. The fourth-order valence-electron chi connectivity index (χ4n) is 1.84. The number of amides is 2. The molecule has 7 N–H and O–H groups in total. The van der Waals surface area contributed by atoms with E-state index in [2.05, 4.69) is 10.6 Å². The highest BCUT2D eigenvalue weighted by Crippen LogP contribution is 2.11. The Hall–Kier alpha value is -2.65. The Bertz CT molecular complexity index is 587. The van der Waals surface area contributed by atoms with Crippen molar-refractivity contribution in [1.82, 2.24) is 10.6 Å². The predicted octanol–water partition coefficient (Wildman–Crippen LogP) is -1.67. The highest BCUT2D eigenvalue weighted by Gasteiger charge is 2.26. The third-order valence-corrected chi connectivity index (χ3v) is 3.22. The Morgan fingerprint density at radius 2 is 1.62 bits per heavy atom. The van der Waals surface area contributed by atoms with Gasteiger partial charge < -0.3 is 31.7 Å². The van der Waals surface area contributed by atoms with Gasteiger partial charge in [0.05, 0.1) is 12.6 Å². The van der Waals surface area contributed by atoms with Gasteiger partial charge in [0.2, 0.25) is 11.8 Å². The number of carboxylic acid groups (broad SMARTS) is 1. The first kappa shape index (κ1) is 19.4. The van der Waals surface area contributed by atoms with Crippen LogP contribution >= 0.6 is 0 Å². The summed E-state index contributed by atoms with van der Waals surface area (Å²) in [5, 5.41) is 32.1. The van der Waals surface area contributed by atoms with Crippen LogP contribution in [0.4, 0.5) is 0 Å². The highest BCUT2D eigenvalue weighted by molar-refractivity contribution is 5.91. The van der Waals surface area contributed by atoms with Crippen molar-refractivity contribution >= 4 is 17.8 Å². The molecule has 1 aromatic rings. The smallest absolute Gasteiger partial charge is 0.326 e. The first-order chi connectivity index (χ1) is 11.2. The average molecular weight is 339 g/mol. The molecule has 3 unspecified atom stereocenters. The van der Waals surface area contributed by atoms with Crippen molar-refractivity contribution in [2.45, 2.75) is 31.5 Å². The van der Waals surface area contributed by atoms with Crippen LogP contribution in [0.3, 0.4) is 0 Å². The lowest BCUT2D eigenvalue weighted by molar-refractivity contribution is -0.142. The van der Waals surface area contributed by atoms with Crippen molar-refractivity contribution in [2.24, 2.45) is 5.73 Å². The number of aromatic hydroxyl groups is 1. The number of rotatable bonds is 8. The zero-order valence-corrected chi connectivity index (χ0v) is 13.1. The summed E-state index contributed by atoms with van der Waals surface area (Å²) in [6, 6.07) is 2.41. The average Bonchev–Trinajstić information content (AvgIpc) is 2.53. The third-order valence-electron chi connectivity index (χ3n) is 3.22. The lowest BCUT2D eigenvalue weighted by Gasteiger charge is -2.20. The van der Waals surface area contributed by atoms with Crippen LogP contribution in [-0.2, 0) is 20.8 Å². The van der Waals surface area contributed by atoms with Crippen LogP contribution in [0, 0.1) is 0 Å². The zero-order valence-electron chi connectivity index (χ0n) is 13.1. The summed E-state index contributed by atoms with van der Waals surface area (Å²) in [4.78, 5) is 34.9. The van der Waals surface area contributed by atoms with Gasteiger partial charge in [-0.15, -0.1) is 0 Å². The van der Waals surface area contributed by atoms with E-state index in [1.807, 2.05) is 0 Å². The fourth-order valence-corrected chi connectivity index (χ4v) is 1.84. The molecule has 24 heavy (non-hydrogen) atoms. The summed E-state index contributed by atoms with van der Waals surface area (Å²) in [5.41, 5.74) is 5.95. The minimum absolute atomic E-state index is 0.0270. The standard InChI is InChI=1S/C15H21N3O6/c1-8(16)13(21)18-12(7-19)14(22)17-11(15(23)24)6-9-2-4-10(20)5-3-9/h2-5,8,11-12,19-20H,6-7,16H2,1H3,(H,17,22)(H,18,21)(H,23,24). The van der Waals surface area contributed by atoms with E-state index in [9.17, 15) is 29.7 Å². The molecule has 0 bridgehead atoms. The number of phenols is 1. The first-order valence-corrected chi connectivity index (χ1v) is 7.22. The lowest BCUT2D eigenvalue weighted by atomic mass is 10.1. The molecule has 0 saturated carbocycles. The number of aliphatic hydroxyl groups is 1. The molecule has 3 atom stereocenters. The van der Waals surface area contributed by atoms with Gasteiger partial charge >= 0.3 is 5.97 Å². The van der Waals surface area contributed by atoms with Crippen LogP contribution in [-0.4, -0.2) is 57.8 Å². The molecule has 0 aromatic heterocycles. The first-order valence-electron chi connectivity index (χ1n) is 7.22. The largest absolute Gasteiger partial charge is 0.508 e. The molecule has 1 aromatic carbocycles. The zero-order chi connectivity index (χ0) is 18.3. The summed E-state index contributed by atoms with van der Waals surface area (Å²) in [6.45, 7) is 0.711. The molecule has 0 saturated heterocycles. The second-order valence-corrected chi connectivity index (χ2v) is 5.30. The van der Waals surface area contributed by atoms with E-state index >= 15 is 0 Å². The second-order valence-electron chi connectivity index (χ2n) is 5.30. The van der Waals surface area contributed by atoms with Gasteiger partial charge in [-0.3, -0.25) is 9.59 Å². The topological polar surface area (TPSA) is 162 Å². The van der Waals surface area contributed by atoms with Gasteiger partial charge in [-0.2, -0.15) is 0 Å². The van der Waals surface area contributed by atoms with E-state index in [-0.39, 0.29) is 12.2 Å². The van der Waals surface area contributed by atoms with Crippen LogP contribution in [0.2, 0.25) is 0 Å². The molecule has 0 spiro atoms. The number of nitrogens with one attached hydrogen (secondary N) is 2. The SMILES string of the molecule is CC(N)C(=O)NC(CO)C(=O)NC(Cc1ccc(O)cc1)C(=O)O. The van der Waals surface area contributed by atoms with E-state index in [4.69, 9.17) is 5.73 Å². The number of benzene rings is 1. The normalized spacial score (nSPS) is 14.3. The molecule has 0 aliphatic carbocycles. The van der Waals surface area contributed by atoms with Crippen molar-refractivity contribution in [3.05, 3.63) is 29.8 Å². The Kier molecular flexibility index (Phi) is 7.15. The Balaban J connectivity index is 2.75. The molecule has 1 rings (SSSR count). The molecule has 0 radical (unpaired) electrons. The molecule has 9 nitrogen and oxygen atoms in total. The van der Waals surface area contributed by atoms with Crippen LogP contribution < -0.4 is 16.4 Å². The van der Waals surface area contributed by atoms with Crippen molar-refractivity contribution in [3.8, 4) is 5.75 Å². The molecule has 132 valence electrons. The number of nitrogens with two attached hydrogens (primary N) is 1. The van der Waals surface area contributed by atoms with E-state index in [1.165, 1.54) is 31.2 Å². The Morgan fingerprint density at radius 3 is 2.08 bits per heavy atom. The minimum atomic E-state index is -1.30. The van der Waals surface area contributed by atoms with Crippen molar-refractivity contribution in [2.75, 3.05) is 6.61 Å². The summed E-state index contributed by atoms with van der Waals surface area (Å²) in [7, 11) is 0. The van der Waals surface area contributed by atoms with E-state index in [0.29, 0.717) is 5.56 Å². The maximum absolute atomic E-state index is 12.1. The van der Waals surface area contributed by atoms with Gasteiger partial charge in [-0.25, -0.2) is 4.79 Å². The number of carbonyl (C=O) groups excluding carboxylic acids is 2. The molecule has 0 aliphatic rings. The van der Waals surface area contributed by atoms with Crippen LogP contribution in [0.25, 0.3) is 0 Å². The van der Waals surface area contributed by atoms with Gasteiger partial charge in [0.25, 0.3) is 0 Å². The van der Waals surface area contributed by atoms with Gasteiger partial charge in [0.1, 0.15) is 17.8 Å². The minimum Gasteiger partial charge on any atom is -0.508 e. The van der Waals surface area contributed by atoms with Gasteiger partial charge in [-0.1, -0.05) is 12.1 Å². The van der Waals surface area contributed by atoms with Crippen molar-refractivity contribution in [3.63, 3.8) is 0 Å². The molecule has 0 heterocycles. The van der Waals surface area contributed by atoms with Gasteiger partial charge in [0, 0.05) is 6.42 Å². The summed E-state index contributed by atoms with van der Waals surface area (Å²) >= 11 is 0. The summed E-state index contributed by atoms with van der Waals surface area (Å²) in [6.07, 6.45) is -0.0270. The molecule has 0 aliphatic heterocycles. The Labute approximate surface area is 138 Å². The number of carbonyl (C=O) groups is 3. The molecule has 2 amide bonds. The van der Waals surface area contributed by atoms with E-state index in [1.54, 1.807) is 0 Å². The lowest BCUT2D eigenvalue weighted by Crippen LogP contribution is -2.55. The predicted molar refractivity (Wildman–Crippen MR) is 84.0 cm³/mol. The van der Waals surface area contributed by atoms with Crippen LogP contribution in [0.15, 0.2) is 24.3 Å². The Morgan fingerprint density at radius 1 is 1.08 bits per heavy atom. The van der Waals surface area contributed by atoms with Crippen molar-refractivity contribution < 1.29 is 29.7 Å². The highest BCUT2D eigenvalue weighted by atomic mass is 16.4. The fraction of sp³-hybridized carbons (Fsp3) is 0.400. The molecule has 9 heteroatoms. The number of aliphatic carboxylic acids is 1. The van der Waals surface area contributed by atoms with Crippen LogP contribution in [0.1, 0.15) is 12.5 Å². The van der Waals surface area contributed by atoms with Crippen molar-refractivity contribution in [1.29, 1.82) is 0 Å². The molecular formula is C15H21N3O6. The number of hydrogen-bond donors (Lipinski definition) is 6. The van der Waals surface area contributed by atoms with Crippen LogP contribution in [0.5, 0.6) is 5.75 Å². The van der Waals surface area contributed by atoms with Gasteiger partial charge in [0.15, 0.2) is 0 Å². The monoisotopic (exact) mass is 339 g/mol. The molecular weight excluding hydrogens is 318 g/mol. The summed E-state index contributed by atoms with van der Waals surface area (Å²) < 4.78 is 0. The van der Waals surface area contributed by atoms with E-state index in [0.717, 1.165) is 0 Å². The number of carboxylic acids is 1. The third kappa shape index (κ3) is 5.86. The maximum atomic E-state index is 12.1. The maximum Gasteiger partial charge on any atom is 0.326 e. The second kappa shape index (κ2) is 8.85. The number of hydrogen-bond acceptors (Lipinski definition) is 6. The molecule has 0 fully saturated rings.